The van der Waals surface area contributed by atoms with Crippen LogP contribution in [0.25, 0.3) is 16.9 Å². The topological polar surface area (TPSA) is 123 Å². The van der Waals surface area contributed by atoms with Crippen molar-refractivity contribution in [2.75, 3.05) is 23.3 Å². The lowest BCUT2D eigenvalue weighted by Gasteiger charge is -2.30. The molecule has 0 amide bonds. The smallest absolute Gasteiger partial charge is 0.229 e. The van der Waals surface area contributed by atoms with Crippen LogP contribution in [-0.2, 0) is 13.0 Å². The molecule has 1 aliphatic heterocycles. The predicted molar refractivity (Wildman–Crippen MR) is 141 cm³/mol. The molecule has 1 fully saturated rings. The summed E-state index contributed by atoms with van der Waals surface area (Å²) in [6, 6.07) is 10.6. The number of hydrogen-bond donors (Lipinski definition) is 3. The molecule has 4 heterocycles. The van der Waals surface area contributed by atoms with Crippen LogP contribution in [-0.4, -0.2) is 59.6 Å². The van der Waals surface area contributed by atoms with E-state index in [1.54, 1.807) is 6.92 Å². The minimum atomic E-state index is -0.430. The maximum Gasteiger partial charge on any atom is 0.229 e. The van der Waals surface area contributed by atoms with Gasteiger partial charge in [-0.25, -0.2) is 9.67 Å². The van der Waals surface area contributed by atoms with Crippen molar-refractivity contribution >= 4 is 22.9 Å². The largest absolute Gasteiger partial charge is 0.393 e. The minimum Gasteiger partial charge on any atom is -0.393 e. The number of anilines is 2. The Morgan fingerprint density at radius 1 is 1.11 bits per heavy atom. The minimum absolute atomic E-state index is 0.233. The molecule has 10 nitrogen and oxygen atoms in total. The summed E-state index contributed by atoms with van der Waals surface area (Å²) in [6.45, 7) is 8.26. The van der Waals surface area contributed by atoms with Gasteiger partial charge in [-0.2, -0.15) is 15.1 Å². The highest BCUT2D eigenvalue weighted by Crippen LogP contribution is 2.27. The Kier molecular flexibility index (Phi) is 6.88. The van der Waals surface area contributed by atoms with Crippen LogP contribution in [0.1, 0.15) is 50.9 Å². The van der Waals surface area contributed by atoms with Gasteiger partial charge in [-0.05, 0) is 51.3 Å². The Hall–Kier alpha value is -3.50. The van der Waals surface area contributed by atoms with Gasteiger partial charge < -0.3 is 25.6 Å². The molecule has 4 N–H and O–H groups in total. The Morgan fingerprint density at radius 3 is 2.64 bits per heavy atom. The number of para-hydroxylation sites is 1. The molecule has 3 aromatic heterocycles. The number of imidazole rings is 1. The summed E-state index contributed by atoms with van der Waals surface area (Å²) in [5.74, 6) is 1.43. The van der Waals surface area contributed by atoms with Crippen molar-refractivity contribution in [2.24, 2.45) is 5.73 Å². The lowest BCUT2D eigenvalue weighted by molar-refractivity contribution is 0.194. The number of aliphatic hydroxyl groups excluding tert-OH is 1. The first-order valence-electron chi connectivity index (χ1n) is 12.7. The van der Waals surface area contributed by atoms with Crippen molar-refractivity contribution in [1.29, 1.82) is 0 Å². The van der Waals surface area contributed by atoms with Crippen molar-refractivity contribution in [3.8, 4) is 5.69 Å². The first kappa shape index (κ1) is 24.2. The molecule has 190 valence electrons. The van der Waals surface area contributed by atoms with E-state index in [0.717, 1.165) is 54.0 Å². The molecular weight excluding hydrogens is 454 g/mol. The van der Waals surface area contributed by atoms with Crippen LogP contribution < -0.4 is 16.0 Å². The van der Waals surface area contributed by atoms with E-state index in [-0.39, 0.29) is 12.1 Å². The summed E-state index contributed by atoms with van der Waals surface area (Å²) in [6.07, 6.45) is 5.73. The second kappa shape index (κ2) is 10.2. The molecular formula is C26H35N9O. The molecule has 1 unspecified atom stereocenters. The summed E-state index contributed by atoms with van der Waals surface area (Å²) < 4.78 is 3.95. The molecule has 0 radical (unpaired) electrons. The monoisotopic (exact) mass is 489 g/mol. The van der Waals surface area contributed by atoms with Crippen LogP contribution in [0.15, 0.2) is 42.9 Å². The van der Waals surface area contributed by atoms with Gasteiger partial charge in [0.2, 0.25) is 5.95 Å². The summed E-state index contributed by atoms with van der Waals surface area (Å²) in [4.78, 5) is 16.7. The Morgan fingerprint density at radius 2 is 1.89 bits per heavy atom. The number of rotatable bonds is 8. The van der Waals surface area contributed by atoms with Crippen molar-refractivity contribution in [2.45, 2.75) is 64.8 Å². The summed E-state index contributed by atoms with van der Waals surface area (Å²) in [5, 5.41) is 17.9. The van der Waals surface area contributed by atoms with Crippen LogP contribution in [0.3, 0.4) is 0 Å². The summed E-state index contributed by atoms with van der Waals surface area (Å²) in [7, 11) is 0. The van der Waals surface area contributed by atoms with Gasteiger partial charge >= 0.3 is 0 Å². The van der Waals surface area contributed by atoms with Crippen LogP contribution in [0.2, 0.25) is 0 Å². The van der Waals surface area contributed by atoms with E-state index in [2.05, 4.69) is 44.8 Å². The normalized spacial score (nSPS) is 15.7. The van der Waals surface area contributed by atoms with E-state index in [9.17, 15) is 5.11 Å². The van der Waals surface area contributed by atoms with Crippen molar-refractivity contribution in [1.82, 2.24) is 29.3 Å². The Labute approximate surface area is 211 Å². The third kappa shape index (κ3) is 5.05. The molecule has 0 aliphatic carbocycles. The lowest BCUT2D eigenvalue weighted by Crippen LogP contribution is -2.40. The molecule has 0 saturated carbocycles. The molecule has 4 aromatic rings. The summed E-state index contributed by atoms with van der Waals surface area (Å²) >= 11 is 0. The molecule has 1 aromatic carbocycles. The average Bonchev–Trinajstić information content (AvgIpc) is 3.50. The first-order chi connectivity index (χ1) is 17.4. The van der Waals surface area contributed by atoms with Crippen LogP contribution in [0.5, 0.6) is 0 Å². The number of fused-ring (bicyclic) bond motifs is 1. The fourth-order valence-electron chi connectivity index (χ4n) is 4.62. The molecule has 0 bridgehead atoms. The fraction of sp³-hybridized carbons (Fsp3) is 0.462. The third-order valence-corrected chi connectivity index (χ3v) is 6.62. The van der Waals surface area contributed by atoms with Gasteiger partial charge in [0.05, 0.1) is 23.8 Å². The Balaban J connectivity index is 1.45. The second-order valence-electron chi connectivity index (χ2n) is 9.90. The number of aromatic nitrogens is 6. The van der Waals surface area contributed by atoms with E-state index < -0.39 is 6.10 Å². The van der Waals surface area contributed by atoms with Crippen molar-refractivity contribution < 1.29 is 5.11 Å². The quantitative estimate of drug-likeness (QED) is 0.345. The van der Waals surface area contributed by atoms with Gasteiger partial charge in [0, 0.05) is 44.3 Å². The van der Waals surface area contributed by atoms with E-state index in [1.165, 1.54) is 0 Å². The number of aliphatic hydroxyl groups is 1. The predicted octanol–water partition coefficient (Wildman–Crippen LogP) is 3.06. The van der Waals surface area contributed by atoms with E-state index in [1.807, 2.05) is 41.5 Å². The first-order valence-corrected chi connectivity index (χ1v) is 12.7. The molecule has 36 heavy (non-hydrogen) atoms. The van der Waals surface area contributed by atoms with Crippen LogP contribution in [0.4, 0.5) is 11.8 Å². The highest BCUT2D eigenvalue weighted by atomic mass is 16.3. The second-order valence-corrected chi connectivity index (χ2v) is 9.90. The van der Waals surface area contributed by atoms with Gasteiger partial charge in [-0.1, -0.05) is 18.2 Å². The number of nitrogens with one attached hydrogen (secondary N) is 1. The van der Waals surface area contributed by atoms with Gasteiger partial charge in [0.15, 0.2) is 17.0 Å². The zero-order valence-electron chi connectivity index (χ0n) is 21.2. The van der Waals surface area contributed by atoms with E-state index in [4.69, 9.17) is 15.7 Å². The molecule has 0 spiro atoms. The Bertz CT molecular complexity index is 1320. The van der Waals surface area contributed by atoms with Crippen LogP contribution in [0, 0.1) is 0 Å². The molecule has 1 atom stereocenters. The van der Waals surface area contributed by atoms with E-state index in [0.29, 0.717) is 24.7 Å². The number of nitrogens with two attached hydrogens (primary N) is 1. The number of piperidine rings is 1. The van der Waals surface area contributed by atoms with Gasteiger partial charge in [0.1, 0.15) is 0 Å². The third-order valence-electron chi connectivity index (χ3n) is 6.62. The van der Waals surface area contributed by atoms with Gasteiger partial charge in [-0.3, -0.25) is 0 Å². The molecule has 1 saturated heterocycles. The van der Waals surface area contributed by atoms with Crippen molar-refractivity contribution in [3.63, 3.8) is 0 Å². The molecule has 10 heteroatoms. The zero-order valence-corrected chi connectivity index (χ0v) is 21.2. The molecule has 5 rings (SSSR count). The molecule has 1 aliphatic rings. The zero-order chi connectivity index (χ0) is 25.2. The lowest BCUT2D eigenvalue weighted by atomic mass is 10.1. The van der Waals surface area contributed by atoms with Crippen LogP contribution >= 0.6 is 0 Å². The number of nitrogens with zero attached hydrogens (tertiary/aromatic N) is 7. The highest BCUT2D eigenvalue weighted by Gasteiger charge is 2.22. The maximum atomic E-state index is 9.71. The highest BCUT2D eigenvalue weighted by molar-refractivity contribution is 5.84. The number of hydrogen-bond acceptors (Lipinski definition) is 8. The summed E-state index contributed by atoms with van der Waals surface area (Å²) in [5.41, 5.74) is 10.6. The standard InChI is InChI=1S/C26H35N9O/c1-17(2)34-16-29-23-24(30-26(31-25(23)34)33-11-8-20(27)9-12-33)28-15-19-6-4-5-7-22(19)35-13-10-21(32-35)14-18(3)36/h4-7,10,13,16-18,20,36H,8-9,11-12,14-15,27H2,1-3H3,(H,28,30,31). The fourth-order valence-corrected chi connectivity index (χ4v) is 4.62. The van der Waals surface area contributed by atoms with Gasteiger partial charge in [-0.15, -0.1) is 0 Å². The van der Waals surface area contributed by atoms with Crippen molar-refractivity contribution in [3.05, 3.63) is 54.1 Å². The van der Waals surface area contributed by atoms with Gasteiger partial charge in [0.25, 0.3) is 0 Å². The SMILES string of the molecule is CC(O)Cc1ccn(-c2ccccc2CNc2nc(N3CCC(N)CC3)nc3c2ncn3C(C)C)n1. The average molecular weight is 490 g/mol. The van der Waals surface area contributed by atoms with E-state index >= 15 is 0 Å². The number of benzene rings is 1. The maximum absolute atomic E-state index is 9.71.